The predicted molar refractivity (Wildman–Crippen MR) is 136 cm³/mol. The van der Waals surface area contributed by atoms with Crippen molar-refractivity contribution in [3.05, 3.63) is 89.5 Å². The number of benzene rings is 4. The zero-order valence-corrected chi connectivity index (χ0v) is 20.1. The summed E-state index contributed by atoms with van der Waals surface area (Å²) in [6, 6.07) is 15.7. The number of amides is 3. The van der Waals surface area contributed by atoms with Crippen LogP contribution in [0.25, 0.3) is 0 Å². The predicted octanol–water partition coefficient (Wildman–Crippen LogP) is 2.85. The SMILES string of the molecule is O=C(c1cc(O)c(O)c(O)c1)N(C(=O)c1cc(O)c(O)c(O)c1)C(=O)c1cc(O)c(O)c(O)c1.c1ccccc1. The van der Waals surface area contributed by atoms with Crippen LogP contribution in [0.3, 0.4) is 0 Å². The van der Waals surface area contributed by atoms with Gasteiger partial charge in [0.15, 0.2) is 51.7 Å². The molecule has 0 atom stereocenters. The molecule has 3 amide bonds. The van der Waals surface area contributed by atoms with Gasteiger partial charge < -0.3 is 46.0 Å². The van der Waals surface area contributed by atoms with Gasteiger partial charge in [0.1, 0.15) is 0 Å². The lowest BCUT2D eigenvalue weighted by Crippen LogP contribution is -2.42. The third kappa shape index (κ3) is 5.89. The average molecular weight is 551 g/mol. The van der Waals surface area contributed by atoms with Gasteiger partial charge in [0.2, 0.25) is 0 Å². The molecule has 40 heavy (non-hydrogen) atoms. The van der Waals surface area contributed by atoms with E-state index in [4.69, 9.17) is 0 Å². The first-order valence-electron chi connectivity index (χ1n) is 11.0. The van der Waals surface area contributed by atoms with E-state index >= 15 is 0 Å². The summed E-state index contributed by atoms with van der Waals surface area (Å²) in [5, 5.41) is 86.6. The van der Waals surface area contributed by atoms with Gasteiger partial charge >= 0.3 is 0 Å². The monoisotopic (exact) mass is 551 g/mol. The minimum absolute atomic E-state index is 0.109. The average Bonchev–Trinajstić information content (AvgIpc) is 2.93. The molecule has 0 aliphatic rings. The number of hydrogen-bond acceptors (Lipinski definition) is 12. The van der Waals surface area contributed by atoms with Crippen LogP contribution in [0.15, 0.2) is 72.8 Å². The van der Waals surface area contributed by atoms with E-state index in [2.05, 4.69) is 0 Å². The molecule has 0 fully saturated rings. The number of phenols is 9. The van der Waals surface area contributed by atoms with Crippen LogP contribution in [0.5, 0.6) is 51.7 Å². The first kappa shape index (κ1) is 28.5. The maximum Gasteiger partial charge on any atom is 0.268 e. The van der Waals surface area contributed by atoms with Crippen LogP contribution < -0.4 is 0 Å². The second-order valence-electron chi connectivity index (χ2n) is 7.99. The highest BCUT2D eigenvalue weighted by molar-refractivity contribution is 6.24. The van der Waals surface area contributed by atoms with Crippen molar-refractivity contribution >= 4 is 17.7 Å². The van der Waals surface area contributed by atoms with Crippen molar-refractivity contribution in [3.8, 4) is 51.7 Å². The van der Waals surface area contributed by atoms with E-state index in [0.29, 0.717) is 36.4 Å². The van der Waals surface area contributed by atoms with Gasteiger partial charge in [0.05, 0.1) is 0 Å². The number of imide groups is 3. The van der Waals surface area contributed by atoms with E-state index in [9.17, 15) is 60.3 Å². The van der Waals surface area contributed by atoms with Gasteiger partial charge in [0, 0.05) is 16.7 Å². The number of rotatable bonds is 3. The molecule has 206 valence electrons. The highest BCUT2D eigenvalue weighted by Gasteiger charge is 2.34. The number of nitrogens with zero attached hydrogens (tertiary/aromatic N) is 1. The summed E-state index contributed by atoms with van der Waals surface area (Å²) in [5.41, 5.74) is -2.06. The fraction of sp³-hybridized carbons (Fsp3) is 0. The van der Waals surface area contributed by atoms with Gasteiger partial charge in [-0.2, -0.15) is 0 Å². The van der Waals surface area contributed by atoms with E-state index in [1.807, 2.05) is 36.4 Å². The first-order chi connectivity index (χ1) is 18.8. The Kier molecular flexibility index (Phi) is 8.19. The summed E-state index contributed by atoms with van der Waals surface area (Å²) < 4.78 is 0. The summed E-state index contributed by atoms with van der Waals surface area (Å²) in [6.07, 6.45) is 0. The molecular weight excluding hydrogens is 530 g/mol. The molecule has 0 aliphatic heterocycles. The number of carbonyl (C=O) groups is 3. The van der Waals surface area contributed by atoms with Crippen LogP contribution >= 0.6 is 0 Å². The Morgan fingerprint density at radius 2 is 0.550 bits per heavy atom. The molecular formula is C27H21NO12. The summed E-state index contributed by atoms with van der Waals surface area (Å²) in [5.74, 6) is -13.4. The second kappa shape index (κ2) is 11.5. The third-order valence-electron chi connectivity index (χ3n) is 5.23. The molecule has 13 nitrogen and oxygen atoms in total. The lowest BCUT2D eigenvalue weighted by atomic mass is 10.1. The molecule has 0 saturated heterocycles. The number of carbonyl (C=O) groups excluding carboxylic acids is 3. The Bertz CT molecular complexity index is 1340. The Morgan fingerprint density at radius 3 is 0.725 bits per heavy atom. The maximum absolute atomic E-state index is 13.1. The van der Waals surface area contributed by atoms with Crippen molar-refractivity contribution < 1.29 is 60.3 Å². The minimum atomic E-state index is -1.50. The zero-order valence-electron chi connectivity index (χ0n) is 20.1. The summed E-state index contributed by atoms with van der Waals surface area (Å²) >= 11 is 0. The second-order valence-corrected chi connectivity index (χ2v) is 7.99. The molecule has 4 aromatic rings. The molecule has 0 radical (unpaired) electrons. The smallest absolute Gasteiger partial charge is 0.268 e. The summed E-state index contributed by atoms with van der Waals surface area (Å²) in [7, 11) is 0. The normalized spacial score (nSPS) is 10.2. The maximum atomic E-state index is 13.1. The van der Waals surface area contributed by atoms with Crippen LogP contribution in [-0.4, -0.2) is 68.6 Å². The van der Waals surface area contributed by atoms with Crippen LogP contribution in [0.1, 0.15) is 31.1 Å². The molecule has 4 rings (SSSR count). The molecule has 0 bridgehead atoms. The van der Waals surface area contributed by atoms with E-state index < -0.39 is 86.2 Å². The van der Waals surface area contributed by atoms with Gasteiger partial charge in [-0.3, -0.25) is 14.4 Å². The Balaban J connectivity index is 0.000000649. The topological polar surface area (TPSA) is 237 Å². The van der Waals surface area contributed by atoms with Crippen molar-refractivity contribution in [2.45, 2.75) is 0 Å². The van der Waals surface area contributed by atoms with Crippen molar-refractivity contribution in [3.63, 3.8) is 0 Å². The van der Waals surface area contributed by atoms with Gasteiger partial charge in [0.25, 0.3) is 17.7 Å². The third-order valence-corrected chi connectivity index (χ3v) is 5.23. The van der Waals surface area contributed by atoms with Gasteiger partial charge in [-0.05, 0) is 36.4 Å². The highest BCUT2D eigenvalue weighted by Crippen LogP contribution is 2.39. The van der Waals surface area contributed by atoms with E-state index in [0.717, 1.165) is 0 Å². The molecule has 4 aromatic carbocycles. The lowest BCUT2D eigenvalue weighted by Gasteiger charge is -2.20. The Morgan fingerprint density at radius 1 is 0.375 bits per heavy atom. The standard InChI is InChI=1S/C21H15NO12.C6H6/c23-10-1-7(2-11(24)16(10)29)19(32)22(20(33)8-3-12(25)17(30)13(26)4-8)21(34)9-5-14(27)18(31)15(28)6-9;1-2-4-6-5-3-1/h1-6,23-31H;1-6H. The molecule has 0 unspecified atom stereocenters. The van der Waals surface area contributed by atoms with E-state index in [-0.39, 0.29) is 4.90 Å². The molecule has 0 spiro atoms. The van der Waals surface area contributed by atoms with Crippen LogP contribution in [0.4, 0.5) is 0 Å². The first-order valence-corrected chi connectivity index (χ1v) is 11.0. The van der Waals surface area contributed by atoms with Gasteiger partial charge in [-0.25, -0.2) is 4.90 Å². The van der Waals surface area contributed by atoms with Crippen molar-refractivity contribution in [1.29, 1.82) is 0 Å². The summed E-state index contributed by atoms with van der Waals surface area (Å²) in [6.45, 7) is 0. The number of aromatic hydroxyl groups is 9. The molecule has 13 heteroatoms. The van der Waals surface area contributed by atoms with Crippen molar-refractivity contribution in [2.75, 3.05) is 0 Å². The van der Waals surface area contributed by atoms with Crippen LogP contribution in [-0.2, 0) is 0 Å². The van der Waals surface area contributed by atoms with Crippen molar-refractivity contribution in [1.82, 2.24) is 4.90 Å². The quantitative estimate of drug-likeness (QED) is 0.132. The van der Waals surface area contributed by atoms with Gasteiger partial charge in [-0.1, -0.05) is 36.4 Å². The molecule has 0 aromatic heterocycles. The number of phenolic OH excluding ortho intramolecular Hbond substituents is 9. The zero-order chi connectivity index (χ0) is 29.7. The molecule has 0 heterocycles. The molecule has 0 saturated carbocycles. The fourth-order valence-electron chi connectivity index (χ4n) is 3.23. The van der Waals surface area contributed by atoms with Crippen LogP contribution in [0.2, 0.25) is 0 Å². The van der Waals surface area contributed by atoms with Crippen molar-refractivity contribution in [2.24, 2.45) is 0 Å². The van der Waals surface area contributed by atoms with Crippen LogP contribution in [0, 0.1) is 0 Å². The van der Waals surface area contributed by atoms with E-state index in [1.165, 1.54) is 0 Å². The lowest BCUT2D eigenvalue weighted by molar-refractivity contribution is 0.0536. The Labute approximate surface area is 224 Å². The largest absolute Gasteiger partial charge is 0.504 e. The minimum Gasteiger partial charge on any atom is -0.504 e. The van der Waals surface area contributed by atoms with E-state index in [1.54, 1.807) is 0 Å². The molecule has 0 aliphatic carbocycles. The fourth-order valence-corrected chi connectivity index (χ4v) is 3.23. The highest BCUT2D eigenvalue weighted by atomic mass is 16.3. The van der Waals surface area contributed by atoms with Gasteiger partial charge in [-0.15, -0.1) is 0 Å². The summed E-state index contributed by atoms with van der Waals surface area (Å²) in [4.78, 5) is 39.2. The number of hydrogen-bond donors (Lipinski definition) is 9. The Hall–Kier alpha value is -6.11. The molecule has 9 N–H and O–H groups in total.